The maximum atomic E-state index is 12.7. The first-order chi connectivity index (χ1) is 11.7. The number of hydrogen-bond donors (Lipinski definition) is 1. The fraction of sp³-hybridized carbons (Fsp3) is 0.316. The van der Waals surface area contributed by atoms with Crippen LogP contribution in [0.5, 0.6) is 0 Å². The number of carbonyl (C=O) groups excluding carboxylic acids is 1. The van der Waals surface area contributed by atoms with E-state index in [-0.39, 0.29) is 24.5 Å². The van der Waals surface area contributed by atoms with Crippen molar-refractivity contribution >= 4 is 5.91 Å². The van der Waals surface area contributed by atoms with Gasteiger partial charge in [0, 0.05) is 31.0 Å². The van der Waals surface area contributed by atoms with E-state index in [9.17, 15) is 15.2 Å². The van der Waals surface area contributed by atoms with Gasteiger partial charge in [-0.1, -0.05) is 18.2 Å². The van der Waals surface area contributed by atoms with Gasteiger partial charge in [-0.3, -0.25) is 9.78 Å². The average Bonchev–Trinajstić information content (AvgIpc) is 3.43. The molecule has 0 atom stereocenters. The summed E-state index contributed by atoms with van der Waals surface area (Å²) in [4.78, 5) is 18.4. The summed E-state index contributed by atoms with van der Waals surface area (Å²) in [6.07, 6.45) is 5.16. The van der Waals surface area contributed by atoms with Crippen molar-refractivity contribution in [3.8, 4) is 6.07 Å². The van der Waals surface area contributed by atoms with E-state index in [1.807, 2.05) is 24.3 Å². The van der Waals surface area contributed by atoms with Crippen LogP contribution in [0.3, 0.4) is 0 Å². The van der Waals surface area contributed by atoms with Crippen molar-refractivity contribution in [1.29, 1.82) is 5.26 Å². The highest BCUT2D eigenvalue weighted by Gasteiger charge is 2.44. The van der Waals surface area contributed by atoms with Gasteiger partial charge in [-0.25, -0.2) is 0 Å². The Hall–Kier alpha value is -2.71. The first-order valence-electron chi connectivity index (χ1n) is 7.99. The number of aromatic nitrogens is 1. The second-order valence-electron chi connectivity index (χ2n) is 6.08. The van der Waals surface area contributed by atoms with Gasteiger partial charge in [0.1, 0.15) is 0 Å². The molecule has 1 aliphatic rings. The van der Waals surface area contributed by atoms with E-state index in [0.717, 1.165) is 24.0 Å². The third-order valence-corrected chi connectivity index (χ3v) is 4.40. The van der Waals surface area contributed by atoms with Gasteiger partial charge in [0.15, 0.2) is 0 Å². The molecule has 1 saturated carbocycles. The zero-order chi connectivity index (χ0) is 17.0. The Morgan fingerprint density at radius 2 is 2.04 bits per heavy atom. The monoisotopic (exact) mass is 321 g/mol. The molecule has 0 bridgehead atoms. The van der Waals surface area contributed by atoms with Crippen LogP contribution in [0.4, 0.5) is 0 Å². The highest BCUT2D eigenvalue weighted by atomic mass is 16.3. The normalized spacial score (nSPS) is 14.7. The lowest BCUT2D eigenvalue weighted by Crippen LogP contribution is -2.33. The molecule has 0 radical (unpaired) electrons. The van der Waals surface area contributed by atoms with E-state index in [1.165, 1.54) is 0 Å². The Morgan fingerprint density at radius 3 is 2.58 bits per heavy atom. The predicted molar refractivity (Wildman–Crippen MR) is 89.0 cm³/mol. The van der Waals surface area contributed by atoms with Crippen LogP contribution in [-0.2, 0) is 12.0 Å². The summed E-state index contributed by atoms with van der Waals surface area (Å²) in [5.41, 5.74) is 2.10. The van der Waals surface area contributed by atoms with Gasteiger partial charge >= 0.3 is 0 Å². The molecule has 1 aliphatic carbocycles. The number of carbonyl (C=O) groups is 1. The van der Waals surface area contributed by atoms with Crippen LogP contribution in [-0.4, -0.2) is 34.0 Å². The maximum Gasteiger partial charge on any atom is 0.254 e. The van der Waals surface area contributed by atoms with Crippen molar-refractivity contribution in [1.82, 2.24) is 9.88 Å². The minimum absolute atomic E-state index is 0.0956. The van der Waals surface area contributed by atoms with Gasteiger partial charge in [0.25, 0.3) is 5.91 Å². The van der Waals surface area contributed by atoms with Crippen molar-refractivity contribution in [3.63, 3.8) is 0 Å². The SMILES string of the molecule is N#CC1(c2ccc(C(=O)N(CCO)Cc3cccnc3)cc2)CC1. The Labute approximate surface area is 141 Å². The Morgan fingerprint density at radius 1 is 1.29 bits per heavy atom. The molecule has 5 nitrogen and oxygen atoms in total. The van der Waals surface area contributed by atoms with Crippen LogP contribution in [0.15, 0.2) is 48.8 Å². The molecular formula is C19H19N3O2. The summed E-state index contributed by atoms with van der Waals surface area (Å²) in [5.74, 6) is -0.138. The van der Waals surface area contributed by atoms with Gasteiger partial charge in [-0.15, -0.1) is 0 Å². The van der Waals surface area contributed by atoms with Crippen LogP contribution in [0, 0.1) is 11.3 Å². The fourth-order valence-electron chi connectivity index (χ4n) is 2.79. The quantitative estimate of drug-likeness (QED) is 0.885. The lowest BCUT2D eigenvalue weighted by molar-refractivity contribution is 0.0707. The van der Waals surface area contributed by atoms with E-state index < -0.39 is 0 Å². The third kappa shape index (κ3) is 3.29. The molecule has 122 valence electrons. The van der Waals surface area contributed by atoms with Crippen LogP contribution < -0.4 is 0 Å². The summed E-state index contributed by atoms with van der Waals surface area (Å²) >= 11 is 0. The molecule has 24 heavy (non-hydrogen) atoms. The Bertz CT molecular complexity index is 746. The molecule has 1 fully saturated rings. The summed E-state index contributed by atoms with van der Waals surface area (Å²) in [6, 6.07) is 13.3. The molecule has 1 aromatic heterocycles. The largest absolute Gasteiger partial charge is 0.395 e. The molecule has 1 amide bonds. The smallest absolute Gasteiger partial charge is 0.254 e. The minimum atomic E-state index is -0.345. The van der Waals surface area contributed by atoms with Gasteiger partial charge in [-0.2, -0.15) is 5.26 Å². The molecule has 0 spiro atoms. The molecule has 1 N–H and O–H groups in total. The van der Waals surface area contributed by atoms with Crippen LogP contribution in [0.1, 0.15) is 34.3 Å². The van der Waals surface area contributed by atoms with E-state index in [0.29, 0.717) is 12.1 Å². The van der Waals surface area contributed by atoms with Crippen molar-refractivity contribution < 1.29 is 9.90 Å². The molecule has 5 heteroatoms. The van der Waals surface area contributed by atoms with Crippen LogP contribution >= 0.6 is 0 Å². The van der Waals surface area contributed by atoms with Gasteiger partial charge in [0.2, 0.25) is 0 Å². The van der Waals surface area contributed by atoms with E-state index in [1.54, 1.807) is 29.4 Å². The number of nitriles is 1. The van der Waals surface area contributed by atoms with Crippen molar-refractivity contribution in [2.75, 3.05) is 13.2 Å². The molecular weight excluding hydrogens is 302 g/mol. The minimum Gasteiger partial charge on any atom is -0.395 e. The number of amides is 1. The lowest BCUT2D eigenvalue weighted by Gasteiger charge is -2.22. The summed E-state index contributed by atoms with van der Waals surface area (Å²) in [5, 5.41) is 18.5. The average molecular weight is 321 g/mol. The van der Waals surface area contributed by atoms with E-state index in [4.69, 9.17) is 0 Å². The zero-order valence-electron chi connectivity index (χ0n) is 13.4. The molecule has 3 rings (SSSR count). The molecule has 0 aliphatic heterocycles. The highest BCUT2D eigenvalue weighted by Crippen LogP contribution is 2.47. The van der Waals surface area contributed by atoms with E-state index in [2.05, 4.69) is 11.1 Å². The summed E-state index contributed by atoms with van der Waals surface area (Å²) in [7, 11) is 0. The van der Waals surface area contributed by atoms with Gasteiger partial charge in [0.05, 0.1) is 18.1 Å². The molecule has 1 aromatic carbocycles. The number of hydrogen-bond acceptors (Lipinski definition) is 4. The van der Waals surface area contributed by atoms with Crippen LogP contribution in [0.25, 0.3) is 0 Å². The van der Waals surface area contributed by atoms with Crippen molar-refractivity contribution in [2.24, 2.45) is 0 Å². The second-order valence-corrected chi connectivity index (χ2v) is 6.08. The number of nitrogens with zero attached hydrogens (tertiary/aromatic N) is 3. The molecule has 0 unspecified atom stereocenters. The van der Waals surface area contributed by atoms with Crippen LogP contribution in [0.2, 0.25) is 0 Å². The molecule has 1 heterocycles. The second kappa shape index (κ2) is 6.81. The van der Waals surface area contributed by atoms with Crippen molar-refractivity contribution in [2.45, 2.75) is 24.8 Å². The molecule has 0 saturated heterocycles. The topological polar surface area (TPSA) is 77.2 Å². The highest BCUT2D eigenvalue weighted by molar-refractivity contribution is 5.94. The number of benzene rings is 1. The Balaban J connectivity index is 1.76. The number of pyridine rings is 1. The number of rotatable bonds is 6. The number of aliphatic hydroxyl groups excluding tert-OH is 1. The maximum absolute atomic E-state index is 12.7. The van der Waals surface area contributed by atoms with Crippen molar-refractivity contribution in [3.05, 3.63) is 65.5 Å². The number of aliphatic hydroxyl groups is 1. The fourth-order valence-corrected chi connectivity index (χ4v) is 2.79. The third-order valence-electron chi connectivity index (χ3n) is 4.40. The van der Waals surface area contributed by atoms with Gasteiger partial charge in [-0.05, 0) is 42.2 Å². The zero-order valence-corrected chi connectivity index (χ0v) is 13.4. The van der Waals surface area contributed by atoms with Gasteiger partial charge < -0.3 is 10.0 Å². The summed E-state index contributed by atoms with van der Waals surface area (Å²) in [6.45, 7) is 0.566. The first-order valence-corrected chi connectivity index (χ1v) is 7.99. The predicted octanol–water partition coefficient (Wildman–Crippen LogP) is 2.27. The molecule has 2 aromatic rings. The standard InChI is InChI=1S/C19H19N3O2/c20-14-19(7-8-19)17-5-3-16(4-6-17)18(24)22(10-11-23)13-15-2-1-9-21-12-15/h1-6,9,12,23H,7-8,10-11,13H2. The lowest BCUT2D eigenvalue weighted by atomic mass is 9.96. The van der Waals surface area contributed by atoms with E-state index >= 15 is 0 Å². The Kier molecular flexibility index (Phi) is 4.59. The summed E-state index contributed by atoms with van der Waals surface area (Å²) < 4.78 is 0. The first kappa shape index (κ1) is 16.2.